The maximum atomic E-state index is 13.6. The second-order valence-corrected chi connectivity index (χ2v) is 12.7. The standard InChI is InChI=1S/C33H46O5/c1-21(2)12-10-13-22(3)14-11-15-23(4)29-26(35)18-27-31(29,6)17-16-25-19-33(8,30(36)37-9)28(38-24(5)34)20-32(25,27)7/h10-15,25,27-28H,16-20H2,1-9H3/b13-10+,15-11+,22-14+,29-23+/t25-,27+,28+,31-,32-,33+/m0/s1. The van der Waals surface area contributed by atoms with Gasteiger partial charge in [0.25, 0.3) is 0 Å². The Hall–Kier alpha value is -2.69. The fraction of sp³-hybridized carbons (Fsp3) is 0.606. The molecule has 0 aliphatic heterocycles. The van der Waals surface area contributed by atoms with Gasteiger partial charge in [-0.25, -0.2) is 0 Å². The summed E-state index contributed by atoms with van der Waals surface area (Å²) in [7, 11) is 1.39. The monoisotopic (exact) mass is 522 g/mol. The number of rotatable bonds is 6. The molecule has 38 heavy (non-hydrogen) atoms. The summed E-state index contributed by atoms with van der Waals surface area (Å²) in [6.07, 6.45) is 15.2. The van der Waals surface area contributed by atoms with Crippen LogP contribution in [0.25, 0.3) is 0 Å². The van der Waals surface area contributed by atoms with Crippen LogP contribution in [0, 0.1) is 28.1 Å². The quantitative estimate of drug-likeness (QED) is 0.209. The molecule has 0 heterocycles. The minimum atomic E-state index is -0.886. The summed E-state index contributed by atoms with van der Waals surface area (Å²) in [5.74, 6) is -0.131. The van der Waals surface area contributed by atoms with Gasteiger partial charge < -0.3 is 9.47 Å². The number of hydrogen-bond acceptors (Lipinski definition) is 5. The van der Waals surface area contributed by atoms with Crippen molar-refractivity contribution in [1.29, 1.82) is 0 Å². The van der Waals surface area contributed by atoms with Gasteiger partial charge in [-0.05, 0) is 83.1 Å². The Labute approximate surface area is 229 Å². The predicted molar refractivity (Wildman–Crippen MR) is 151 cm³/mol. The minimum Gasteiger partial charge on any atom is -0.468 e. The Morgan fingerprint density at radius 3 is 2.21 bits per heavy atom. The minimum absolute atomic E-state index is 0.129. The molecule has 3 aliphatic rings. The fourth-order valence-electron chi connectivity index (χ4n) is 7.63. The Kier molecular flexibility index (Phi) is 8.80. The van der Waals surface area contributed by atoms with Crippen LogP contribution in [-0.4, -0.2) is 30.9 Å². The van der Waals surface area contributed by atoms with E-state index in [2.05, 4.69) is 58.9 Å². The maximum Gasteiger partial charge on any atom is 0.315 e. The molecule has 0 aromatic rings. The number of esters is 2. The molecule has 208 valence electrons. The van der Waals surface area contributed by atoms with Crippen molar-refractivity contribution in [3.05, 3.63) is 58.7 Å². The van der Waals surface area contributed by atoms with E-state index in [1.807, 2.05) is 26.0 Å². The summed E-state index contributed by atoms with van der Waals surface area (Å²) in [4.78, 5) is 38.5. The molecule has 3 rings (SSSR count). The van der Waals surface area contributed by atoms with E-state index in [1.54, 1.807) is 0 Å². The Morgan fingerprint density at radius 1 is 0.947 bits per heavy atom. The summed E-state index contributed by atoms with van der Waals surface area (Å²) < 4.78 is 10.9. The number of carbonyl (C=O) groups is 3. The molecule has 0 spiro atoms. The lowest BCUT2D eigenvalue weighted by Gasteiger charge is -2.60. The lowest BCUT2D eigenvalue weighted by molar-refractivity contribution is -0.194. The van der Waals surface area contributed by atoms with Crippen molar-refractivity contribution < 1.29 is 23.9 Å². The van der Waals surface area contributed by atoms with Crippen LogP contribution in [0.1, 0.15) is 87.5 Å². The van der Waals surface area contributed by atoms with Gasteiger partial charge in [-0.2, -0.15) is 0 Å². The number of fused-ring (bicyclic) bond motifs is 3. The molecule has 0 radical (unpaired) electrons. The molecule has 3 aliphatic carbocycles. The number of methoxy groups -OCH3 is 1. The normalized spacial score (nSPS) is 36.6. The lowest BCUT2D eigenvalue weighted by Crippen LogP contribution is -2.58. The number of allylic oxidation sites excluding steroid dienone is 10. The van der Waals surface area contributed by atoms with Crippen molar-refractivity contribution in [3.8, 4) is 0 Å². The summed E-state index contributed by atoms with van der Waals surface area (Å²) in [5.41, 5.74) is 2.98. The third-order valence-electron chi connectivity index (χ3n) is 9.60. The fourth-order valence-corrected chi connectivity index (χ4v) is 7.63. The molecule has 6 atom stereocenters. The first-order valence-electron chi connectivity index (χ1n) is 13.9. The summed E-state index contributed by atoms with van der Waals surface area (Å²) in [5, 5.41) is 0. The summed E-state index contributed by atoms with van der Waals surface area (Å²) >= 11 is 0. The third-order valence-corrected chi connectivity index (χ3v) is 9.60. The topological polar surface area (TPSA) is 69.7 Å². The zero-order valence-corrected chi connectivity index (χ0v) is 24.8. The number of carbonyl (C=O) groups excluding carboxylic acids is 3. The van der Waals surface area contributed by atoms with E-state index in [4.69, 9.17) is 9.47 Å². The molecule has 5 nitrogen and oxygen atoms in total. The van der Waals surface area contributed by atoms with Crippen LogP contribution in [0.4, 0.5) is 0 Å². The van der Waals surface area contributed by atoms with Gasteiger partial charge in [0.1, 0.15) is 11.5 Å². The highest BCUT2D eigenvalue weighted by molar-refractivity contribution is 6.00. The zero-order chi connectivity index (χ0) is 28.5. The van der Waals surface area contributed by atoms with Gasteiger partial charge in [0.15, 0.2) is 5.78 Å². The summed E-state index contributed by atoms with van der Waals surface area (Å²) in [6.45, 7) is 16.0. The van der Waals surface area contributed by atoms with Crippen LogP contribution >= 0.6 is 0 Å². The van der Waals surface area contributed by atoms with Gasteiger partial charge in [0.2, 0.25) is 0 Å². The van der Waals surface area contributed by atoms with Crippen LogP contribution in [-0.2, 0) is 23.9 Å². The van der Waals surface area contributed by atoms with Crippen molar-refractivity contribution in [2.75, 3.05) is 7.11 Å². The first-order chi connectivity index (χ1) is 17.7. The van der Waals surface area contributed by atoms with Gasteiger partial charge >= 0.3 is 11.9 Å². The van der Waals surface area contributed by atoms with Crippen molar-refractivity contribution in [2.24, 2.45) is 28.1 Å². The second-order valence-electron chi connectivity index (χ2n) is 12.7. The van der Waals surface area contributed by atoms with Crippen molar-refractivity contribution in [1.82, 2.24) is 0 Å². The second kappa shape index (κ2) is 11.2. The lowest BCUT2D eigenvalue weighted by atomic mass is 9.45. The van der Waals surface area contributed by atoms with Crippen molar-refractivity contribution in [3.63, 3.8) is 0 Å². The van der Waals surface area contributed by atoms with E-state index < -0.39 is 17.5 Å². The van der Waals surface area contributed by atoms with E-state index >= 15 is 0 Å². The highest BCUT2D eigenvalue weighted by Crippen LogP contribution is 2.68. The molecule has 3 saturated carbocycles. The maximum absolute atomic E-state index is 13.6. The average molecular weight is 523 g/mol. The molecule has 0 aromatic carbocycles. The van der Waals surface area contributed by atoms with E-state index in [0.717, 1.165) is 29.6 Å². The van der Waals surface area contributed by atoms with E-state index in [9.17, 15) is 14.4 Å². The molecular weight excluding hydrogens is 476 g/mol. The number of ether oxygens (including phenoxy) is 2. The highest BCUT2D eigenvalue weighted by atomic mass is 16.6. The van der Waals surface area contributed by atoms with Crippen LogP contribution < -0.4 is 0 Å². The third kappa shape index (κ3) is 5.53. The Morgan fingerprint density at radius 2 is 1.61 bits per heavy atom. The first-order valence-corrected chi connectivity index (χ1v) is 13.9. The number of ketones is 1. The van der Waals surface area contributed by atoms with Crippen LogP contribution in [0.5, 0.6) is 0 Å². The van der Waals surface area contributed by atoms with E-state index in [1.165, 1.54) is 19.6 Å². The van der Waals surface area contributed by atoms with Crippen LogP contribution in [0.3, 0.4) is 0 Å². The van der Waals surface area contributed by atoms with Crippen molar-refractivity contribution in [2.45, 2.75) is 93.6 Å². The Bertz CT molecular complexity index is 1130. The largest absolute Gasteiger partial charge is 0.468 e. The van der Waals surface area contributed by atoms with Gasteiger partial charge in [-0.15, -0.1) is 0 Å². The molecule has 0 saturated heterocycles. The van der Waals surface area contributed by atoms with Gasteiger partial charge in [0, 0.05) is 24.3 Å². The van der Waals surface area contributed by atoms with E-state index in [0.29, 0.717) is 19.3 Å². The number of Topliss-reactive ketones (excluding diaryl/α,β-unsaturated/α-hetero) is 1. The number of hydrogen-bond donors (Lipinski definition) is 0. The molecule has 0 unspecified atom stereocenters. The van der Waals surface area contributed by atoms with Crippen molar-refractivity contribution >= 4 is 17.7 Å². The van der Waals surface area contributed by atoms with E-state index in [-0.39, 0.29) is 34.4 Å². The Balaban J connectivity index is 1.94. The van der Waals surface area contributed by atoms with Crippen LogP contribution in [0.2, 0.25) is 0 Å². The molecule has 0 amide bonds. The molecular formula is C33H46O5. The van der Waals surface area contributed by atoms with Gasteiger partial charge in [-0.3, -0.25) is 14.4 Å². The molecule has 0 N–H and O–H groups in total. The average Bonchev–Trinajstić information content (AvgIpc) is 3.10. The smallest absolute Gasteiger partial charge is 0.315 e. The predicted octanol–water partition coefficient (Wildman–Crippen LogP) is 7.24. The molecule has 0 aromatic heterocycles. The summed E-state index contributed by atoms with van der Waals surface area (Å²) in [6, 6.07) is 0. The van der Waals surface area contributed by atoms with Gasteiger partial charge in [-0.1, -0.05) is 61.4 Å². The molecule has 0 bridgehead atoms. The highest BCUT2D eigenvalue weighted by Gasteiger charge is 2.65. The molecule has 3 fully saturated rings. The van der Waals surface area contributed by atoms with Gasteiger partial charge in [0.05, 0.1) is 7.11 Å². The SMILES string of the molecule is COC(=O)[C@]1(C)C[C@@H]2CC[C@]3(C)/C(=C(C)/C=C/C=C(C)/C=C/C=C(C)C)C(=O)C[C@H]3[C@@]2(C)C[C@H]1OC(C)=O. The van der Waals surface area contributed by atoms with Crippen LogP contribution in [0.15, 0.2) is 58.7 Å². The first kappa shape index (κ1) is 29.9. The molecule has 5 heteroatoms. The zero-order valence-electron chi connectivity index (χ0n) is 24.8.